The van der Waals surface area contributed by atoms with Crippen molar-refractivity contribution in [3.05, 3.63) is 28.2 Å². The molecule has 0 saturated carbocycles. The summed E-state index contributed by atoms with van der Waals surface area (Å²) in [7, 11) is -14.3. The van der Waals surface area contributed by atoms with Gasteiger partial charge in [-0.25, -0.2) is 18.5 Å². The molecule has 2 saturated heterocycles. The quantitative estimate of drug-likeness (QED) is 0.316. The minimum Gasteiger partial charge on any atom is -0.387 e. The van der Waals surface area contributed by atoms with E-state index < -0.39 is 60.3 Å². The Morgan fingerprint density at radius 1 is 1.14 bits per heavy atom. The summed E-state index contributed by atoms with van der Waals surface area (Å²) in [6.45, 7) is -0.899. The number of aromatic nitrogens is 2. The molecule has 0 spiro atoms. The van der Waals surface area contributed by atoms with Crippen molar-refractivity contribution in [3.63, 3.8) is 0 Å². The molecule has 2 aliphatic heterocycles. The fourth-order valence-corrected chi connectivity index (χ4v) is 7.47. The molecule has 0 radical (unpaired) electrons. The molecule has 6 atom stereocenters. The second-order valence-corrected chi connectivity index (χ2v) is 10.9. The van der Waals surface area contributed by atoms with Gasteiger partial charge in [0.25, 0.3) is 0 Å². The molecule has 16 nitrogen and oxygen atoms in total. The van der Waals surface area contributed by atoms with Crippen LogP contribution in [0, 0.1) is 5.41 Å². The third-order valence-electron chi connectivity index (χ3n) is 3.88. The van der Waals surface area contributed by atoms with Crippen molar-refractivity contribution in [2.75, 3.05) is 6.61 Å². The van der Waals surface area contributed by atoms with Crippen LogP contribution in [0.15, 0.2) is 17.1 Å². The summed E-state index contributed by atoms with van der Waals surface area (Å²) in [6, 6.07) is 1.23. The van der Waals surface area contributed by atoms with E-state index in [1.807, 2.05) is 0 Å². The van der Waals surface area contributed by atoms with Crippen molar-refractivity contribution in [1.82, 2.24) is 9.13 Å². The first-order chi connectivity index (χ1) is 13.2. The van der Waals surface area contributed by atoms with Crippen molar-refractivity contribution in [1.29, 1.82) is 5.41 Å². The zero-order chi connectivity index (χ0) is 21.8. The fraction of sp³-hybridized carbons (Fsp3) is 0.600. The Morgan fingerprint density at radius 3 is 2.31 bits per heavy atom. The van der Waals surface area contributed by atoms with Gasteiger partial charge in [-0.2, -0.15) is 12.9 Å². The molecule has 1 aromatic rings. The van der Waals surface area contributed by atoms with E-state index in [-0.39, 0.29) is 5.49 Å². The zero-order valence-corrected chi connectivity index (χ0v) is 17.1. The highest BCUT2D eigenvalue weighted by molar-refractivity contribution is 7.74. The van der Waals surface area contributed by atoms with Gasteiger partial charge in [-0.1, -0.05) is 0 Å². The van der Waals surface area contributed by atoms with Crippen LogP contribution in [0.1, 0.15) is 6.23 Å². The number of rotatable bonds is 4. The van der Waals surface area contributed by atoms with Crippen molar-refractivity contribution < 1.29 is 55.9 Å². The average Bonchev–Trinajstić information content (AvgIpc) is 2.83. The molecule has 3 rings (SSSR count). The lowest BCUT2D eigenvalue weighted by atomic mass is 10.1. The van der Waals surface area contributed by atoms with Gasteiger partial charge >= 0.3 is 29.2 Å². The summed E-state index contributed by atoms with van der Waals surface area (Å²) >= 11 is 0. The van der Waals surface area contributed by atoms with Crippen molar-refractivity contribution in [2.24, 2.45) is 7.05 Å². The third kappa shape index (κ3) is 4.69. The number of aliphatic hydroxyl groups is 2. The van der Waals surface area contributed by atoms with Gasteiger partial charge in [0.1, 0.15) is 23.8 Å². The number of hydrogen-bond acceptors (Lipinski definition) is 12. The summed E-state index contributed by atoms with van der Waals surface area (Å²) in [5.41, 5.74) is -0.880. The van der Waals surface area contributed by atoms with Crippen molar-refractivity contribution in [2.45, 2.75) is 24.5 Å². The maximum absolute atomic E-state index is 12.2. The molecule has 29 heavy (non-hydrogen) atoms. The van der Waals surface area contributed by atoms with E-state index in [0.717, 1.165) is 15.3 Å². The summed E-state index contributed by atoms with van der Waals surface area (Å²) in [4.78, 5) is 30.6. The Bertz CT molecular complexity index is 1040. The lowest BCUT2D eigenvalue weighted by Crippen LogP contribution is -2.41. The van der Waals surface area contributed by atoms with Gasteiger partial charge in [-0.3, -0.25) is 19.1 Å². The fourth-order valence-electron chi connectivity index (χ4n) is 2.53. The second kappa shape index (κ2) is 7.61. The first kappa shape index (κ1) is 22.7. The molecule has 1 aromatic heterocycles. The number of ether oxygens (including phenoxy) is 1. The molecule has 5 N–H and O–H groups in total. The van der Waals surface area contributed by atoms with E-state index in [1.54, 1.807) is 0 Å². The van der Waals surface area contributed by atoms with Crippen LogP contribution >= 0.6 is 23.5 Å². The Kier molecular flexibility index (Phi) is 5.95. The molecule has 0 aliphatic carbocycles. The molecule has 0 amide bonds. The Morgan fingerprint density at radius 2 is 1.72 bits per heavy atom. The minimum absolute atomic E-state index is 0.132. The normalized spacial score (nSPS) is 42.8. The van der Waals surface area contributed by atoms with E-state index in [4.69, 9.17) is 10.1 Å². The predicted octanol–water partition coefficient (Wildman–Crippen LogP) is -1.33. The van der Waals surface area contributed by atoms with E-state index in [1.165, 1.54) is 13.1 Å². The minimum atomic E-state index is -5.24. The molecule has 19 heteroatoms. The molecule has 2 aliphatic rings. The molecule has 6 unspecified atom stereocenters. The van der Waals surface area contributed by atoms with Crippen LogP contribution in [-0.2, 0) is 42.9 Å². The largest absolute Gasteiger partial charge is 0.492 e. The maximum Gasteiger partial charge on any atom is 0.492 e. The van der Waals surface area contributed by atoms with Gasteiger partial charge in [0.15, 0.2) is 6.23 Å². The average molecular weight is 479 g/mol. The number of phosphoric acid groups is 3. The lowest BCUT2D eigenvalue weighted by Gasteiger charge is -2.27. The summed E-state index contributed by atoms with van der Waals surface area (Å²) in [6.07, 6.45) is -5.10. The van der Waals surface area contributed by atoms with Gasteiger partial charge in [-0.15, -0.1) is 0 Å². The first-order valence-electron chi connectivity index (χ1n) is 7.62. The molecular weight excluding hydrogens is 463 g/mol. The van der Waals surface area contributed by atoms with E-state index >= 15 is 0 Å². The van der Waals surface area contributed by atoms with Crippen LogP contribution in [0.2, 0.25) is 0 Å². The van der Waals surface area contributed by atoms with Crippen LogP contribution in [0.4, 0.5) is 0 Å². The lowest BCUT2D eigenvalue weighted by molar-refractivity contribution is -0.0550. The van der Waals surface area contributed by atoms with Crippen LogP contribution in [0.5, 0.6) is 0 Å². The molecule has 2 fully saturated rings. The van der Waals surface area contributed by atoms with Gasteiger partial charge in [0.05, 0.1) is 6.61 Å². The van der Waals surface area contributed by atoms with Crippen LogP contribution in [0.3, 0.4) is 0 Å². The Balaban J connectivity index is 1.76. The predicted molar refractivity (Wildman–Crippen MR) is 87.9 cm³/mol. The maximum atomic E-state index is 12.2. The van der Waals surface area contributed by atoms with Gasteiger partial charge in [0, 0.05) is 13.2 Å². The molecule has 0 bridgehead atoms. The smallest absolute Gasteiger partial charge is 0.387 e. The van der Waals surface area contributed by atoms with Crippen LogP contribution in [-0.4, -0.2) is 54.1 Å². The van der Waals surface area contributed by atoms with Gasteiger partial charge < -0.3 is 24.7 Å². The third-order valence-corrected chi connectivity index (χ3v) is 9.25. The topological polar surface area (TPSA) is 229 Å². The highest BCUT2D eigenvalue weighted by atomic mass is 31.3. The summed E-state index contributed by atoms with van der Waals surface area (Å²) in [5.74, 6) is 0. The Labute approximate surface area is 161 Å². The standard InChI is InChI=1S/C10H16N3O13P3/c1-12-6(11)2-3-13(10(12)16)9-8(15)7(14)5(23-9)4-22-29(21)25-27(17,18)24-28(19,20)26-29/h2-3,5,7-9,11,14-15H,4H2,1H3,(H,17,18)(H,19,20). The molecule has 3 heterocycles. The molecule has 0 aromatic carbocycles. The van der Waals surface area contributed by atoms with Crippen molar-refractivity contribution >= 4 is 23.5 Å². The number of hydrogen-bond donors (Lipinski definition) is 5. The van der Waals surface area contributed by atoms with Gasteiger partial charge in [0.2, 0.25) is 0 Å². The number of nitrogens with zero attached hydrogens (tertiary/aromatic N) is 2. The molecular formula is C10H16N3O13P3. The zero-order valence-electron chi connectivity index (χ0n) is 14.4. The number of aliphatic hydroxyl groups excluding tert-OH is 2. The SMILES string of the molecule is Cn1c(=N)ccn(C2OC(COP3(=O)OP(=O)(O)OP(=O)(O)O3)C(O)C2O)c1=O. The van der Waals surface area contributed by atoms with Gasteiger partial charge in [-0.05, 0) is 6.07 Å². The molecule has 164 valence electrons. The first-order valence-corrected chi connectivity index (χ1v) is 12.1. The highest BCUT2D eigenvalue weighted by Gasteiger charge is 2.55. The summed E-state index contributed by atoms with van der Waals surface area (Å²) in [5, 5.41) is 27.8. The van der Waals surface area contributed by atoms with E-state index in [2.05, 4.69) is 17.5 Å². The van der Waals surface area contributed by atoms with Crippen LogP contribution in [0.25, 0.3) is 0 Å². The monoisotopic (exact) mass is 479 g/mol. The second-order valence-electron chi connectivity index (χ2n) is 5.92. The number of nitrogens with one attached hydrogen (secondary N) is 1. The van der Waals surface area contributed by atoms with Crippen molar-refractivity contribution in [3.8, 4) is 0 Å². The van der Waals surface area contributed by atoms with E-state index in [0.29, 0.717) is 0 Å². The summed E-state index contributed by atoms with van der Waals surface area (Å²) < 4.78 is 58.6. The Hall–Kier alpha value is -0.990. The highest BCUT2D eigenvalue weighted by Crippen LogP contribution is 2.80. The van der Waals surface area contributed by atoms with Crippen LogP contribution < -0.4 is 11.2 Å². The van der Waals surface area contributed by atoms with E-state index in [9.17, 15) is 38.5 Å².